The Bertz CT molecular complexity index is 393. The minimum absolute atomic E-state index is 0.0596. The molecule has 1 aromatic carbocycles. The number of aryl methyl sites for hydroxylation is 1. The van der Waals surface area contributed by atoms with E-state index in [1.165, 1.54) is 16.7 Å². The Balaban J connectivity index is 2.52. The zero-order valence-corrected chi connectivity index (χ0v) is 12.8. The first-order valence-electron chi connectivity index (χ1n) is 7.11. The molecule has 1 unspecified atom stereocenters. The second kappa shape index (κ2) is 7.04. The van der Waals surface area contributed by atoms with Gasteiger partial charge in [0.2, 0.25) is 0 Å². The molecule has 19 heavy (non-hydrogen) atoms. The smallest absolute Gasteiger partial charge is 0.0290 e. The van der Waals surface area contributed by atoms with Gasteiger partial charge in [-0.1, -0.05) is 39.0 Å². The summed E-state index contributed by atoms with van der Waals surface area (Å²) in [4.78, 5) is 0. The quantitative estimate of drug-likeness (QED) is 0.685. The lowest BCUT2D eigenvalue weighted by Crippen LogP contribution is -2.40. The normalized spacial score (nSPS) is 13.6. The van der Waals surface area contributed by atoms with Crippen LogP contribution in [0.5, 0.6) is 0 Å². The van der Waals surface area contributed by atoms with Crippen molar-refractivity contribution < 1.29 is 0 Å². The zero-order valence-electron chi connectivity index (χ0n) is 12.8. The van der Waals surface area contributed by atoms with Crippen LogP contribution in [-0.2, 0) is 11.8 Å². The van der Waals surface area contributed by atoms with Crippen LogP contribution in [-0.4, -0.2) is 25.7 Å². The number of nitrogens with one attached hydrogen (secondary N) is 1. The van der Waals surface area contributed by atoms with Crippen LogP contribution in [0, 0.1) is 6.92 Å². The number of hydrogen-bond acceptors (Lipinski definition) is 3. The molecule has 0 aromatic heterocycles. The van der Waals surface area contributed by atoms with Crippen LogP contribution in [0.1, 0.15) is 37.5 Å². The summed E-state index contributed by atoms with van der Waals surface area (Å²) in [5, 5.41) is 3.35. The topological polar surface area (TPSA) is 64.1 Å². The zero-order chi connectivity index (χ0) is 14.5. The first kappa shape index (κ1) is 16.2. The fourth-order valence-electron chi connectivity index (χ4n) is 2.04. The molecule has 3 nitrogen and oxygen atoms in total. The molecule has 0 aliphatic carbocycles. The Morgan fingerprint density at radius 2 is 1.95 bits per heavy atom. The van der Waals surface area contributed by atoms with Crippen molar-refractivity contribution in [2.45, 2.75) is 45.6 Å². The van der Waals surface area contributed by atoms with Gasteiger partial charge in [-0.25, -0.2) is 0 Å². The average molecular weight is 263 g/mol. The first-order valence-corrected chi connectivity index (χ1v) is 7.11. The van der Waals surface area contributed by atoms with Crippen molar-refractivity contribution in [3.63, 3.8) is 0 Å². The van der Waals surface area contributed by atoms with E-state index in [1.807, 2.05) is 0 Å². The highest BCUT2D eigenvalue weighted by atomic mass is 14.9. The van der Waals surface area contributed by atoms with Crippen LogP contribution in [0.3, 0.4) is 0 Å². The molecule has 1 aromatic rings. The summed E-state index contributed by atoms with van der Waals surface area (Å²) in [6.45, 7) is 11.2. The molecular formula is C16H29N3. The highest BCUT2D eigenvalue weighted by molar-refractivity contribution is 5.34. The third kappa shape index (κ3) is 5.31. The predicted octanol–water partition coefficient (Wildman–Crippen LogP) is 1.71. The van der Waals surface area contributed by atoms with E-state index in [0.29, 0.717) is 6.54 Å². The molecule has 0 saturated heterocycles. The van der Waals surface area contributed by atoms with Crippen molar-refractivity contribution in [3.05, 3.63) is 34.9 Å². The summed E-state index contributed by atoms with van der Waals surface area (Å²) >= 11 is 0. The predicted molar refractivity (Wildman–Crippen MR) is 83.5 cm³/mol. The maximum Gasteiger partial charge on any atom is 0.0290 e. The highest BCUT2D eigenvalue weighted by Crippen LogP contribution is 2.24. The number of rotatable bonds is 6. The van der Waals surface area contributed by atoms with Gasteiger partial charge >= 0.3 is 0 Å². The number of hydrogen-bond donors (Lipinski definition) is 3. The Hall–Kier alpha value is -0.900. The van der Waals surface area contributed by atoms with Crippen LogP contribution in [0.2, 0.25) is 0 Å². The van der Waals surface area contributed by atoms with Gasteiger partial charge in [0, 0.05) is 19.1 Å². The molecule has 0 fully saturated rings. The second-order valence-corrected chi connectivity index (χ2v) is 6.34. The van der Waals surface area contributed by atoms with E-state index in [9.17, 15) is 0 Å². The van der Waals surface area contributed by atoms with Crippen LogP contribution >= 0.6 is 0 Å². The standard InChI is InChI=1S/C16H29N3/c1-12-9-14(16(2,3)4)6-5-13(12)7-8-19-11-15(18)10-17/h5-6,9,15,19H,7-8,10-11,17-18H2,1-4H3. The van der Waals surface area contributed by atoms with Gasteiger partial charge < -0.3 is 16.8 Å². The van der Waals surface area contributed by atoms with E-state index in [2.05, 4.69) is 51.2 Å². The van der Waals surface area contributed by atoms with Crippen LogP contribution < -0.4 is 16.8 Å². The van der Waals surface area contributed by atoms with Gasteiger partial charge in [0.25, 0.3) is 0 Å². The number of nitrogens with two attached hydrogens (primary N) is 2. The minimum atomic E-state index is 0.0596. The molecule has 1 rings (SSSR count). The molecule has 3 heteroatoms. The van der Waals surface area contributed by atoms with Crippen molar-refractivity contribution in [1.82, 2.24) is 5.32 Å². The maximum atomic E-state index is 5.76. The first-order chi connectivity index (χ1) is 8.84. The Labute approximate surface area is 117 Å². The summed E-state index contributed by atoms with van der Waals surface area (Å²) in [7, 11) is 0. The Kier molecular flexibility index (Phi) is 5.98. The van der Waals surface area contributed by atoms with Gasteiger partial charge in [-0.2, -0.15) is 0 Å². The molecule has 0 aliphatic rings. The van der Waals surface area contributed by atoms with Gasteiger partial charge in [-0.15, -0.1) is 0 Å². The molecule has 0 aliphatic heterocycles. The lowest BCUT2D eigenvalue weighted by atomic mass is 9.85. The van der Waals surface area contributed by atoms with Crippen LogP contribution in [0.25, 0.3) is 0 Å². The summed E-state index contributed by atoms with van der Waals surface area (Å²) in [6, 6.07) is 6.86. The van der Waals surface area contributed by atoms with E-state index < -0.39 is 0 Å². The fourth-order valence-corrected chi connectivity index (χ4v) is 2.04. The summed E-state index contributed by atoms with van der Waals surface area (Å²) in [5.41, 5.74) is 15.6. The third-order valence-corrected chi connectivity index (χ3v) is 3.49. The van der Waals surface area contributed by atoms with Crippen molar-refractivity contribution in [2.24, 2.45) is 11.5 Å². The van der Waals surface area contributed by atoms with Crippen molar-refractivity contribution in [2.75, 3.05) is 19.6 Å². The van der Waals surface area contributed by atoms with Crippen LogP contribution in [0.4, 0.5) is 0 Å². The van der Waals surface area contributed by atoms with Gasteiger partial charge in [0.1, 0.15) is 0 Å². The van der Waals surface area contributed by atoms with Crippen molar-refractivity contribution in [1.29, 1.82) is 0 Å². The molecule has 5 N–H and O–H groups in total. The van der Waals surface area contributed by atoms with E-state index >= 15 is 0 Å². The molecule has 108 valence electrons. The van der Waals surface area contributed by atoms with E-state index in [0.717, 1.165) is 19.5 Å². The monoisotopic (exact) mass is 263 g/mol. The lowest BCUT2D eigenvalue weighted by molar-refractivity contribution is 0.580. The largest absolute Gasteiger partial charge is 0.329 e. The lowest BCUT2D eigenvalue weighted by Gasteiger charge is -2.20. The molecule has 0 amide bonds. The van der Waals surface area contributed by atoms with E-state index in [-0.39, 0.29) is 11.5 Å². The van der Waals surface area contributed by atoms with Gasteiger partial charge in [-0.3, -0.25) is 0 Å². The van der Waals surface area contributed by atoms with Gasteiger partial charge in [0.05, 0.1) is 0 Å². The molecule has 1 atom stereocenters. The molecule has 0 bridgehead atoms. The molecule has 0 heterocycles. The van der Waals surface area contributed by atoms with Crippen LogP contribution in [0.15, 0.2) is 18.2 Å². The summed E-state index contributed by atoms with van der Waals surface area (Å²) in [6.07, 6.45) is 1.04. The maximum absolute atomic E-state index is 5.76. The molecule has 0 spiro atoms. The highest BCUT2D eigenvalue weighted by Gasteiger charge is 2.14. The van der Waals surface area contributed by atoms with Crippen molar-refractivity contribution >= 4 is 0 Å². The van der Waals surface area contributed by atoms with E-state index in [1.54, 1.807) is 0 Å². The fraction of sp³-hybridized carbons (Fsp3) is 0.625. The molecule has 0 saturated carbocycles. The molecule has 0 radical (unpaired) electrons. The van der Waals surface area contributed by atoms with Gasteiger partial charge in [-0.05, 0) is 42.0 Å². The minimum Gasteiger partial charge on any atom is -0.329 e. The second-order valence-electron chi connectivity index (χ2n) is 6.34. The summed E-state index contributed by atoms with van der Waals surface area (Å²) < 4.78 is 0. The SMILES string of the molecule is Cc1cc(C(C)(C)C)ccc1CCNCC(N)CN. The van der Waals surface area contributed by atoms with Gasteiger partial charge in [0.15, 0.2) is 0 Å². The average Bonchev–Trinajstić information content (AvgIpc) is 2.34. The third-order valence-electron chi connectivity index (χ3n) is 3.49. The number of benzene rings is 1. The van der Waals surface area contributed by atoms with E-state index in [4.69, 9.17) is 11.5 Å². The summed E-state index contributed by atoms with van der Waals surface area (Å²) in [5.74, 6) is 0. The Morgan fingerprint density at radius 3 is 2.47 bits per heavy atom. The van der Waals surface area contributed by atoms with Crippen molar-refractivity contribution in [3.8, 4) is 0 Å². The molecular weight excluding hydrogens is 234 g/mol. The Morgan fingerprint density at radius 1 is 1.26 bits per heavy atom.